The summed E-state index contributed by atoms with van der Waals surface area (Å²) in [4.78, 5) is 36.6. The number of nitrogens with one attached hydrogen (secondary N) is 2. The highest BCUT2D eigenvalue weighted by molar-refractivity contribution is 7.18. The number of piperazine rings is 1. The maximum atomic E-state index is 12.4. The average Bonchev–Trinajstić information content (AvgIpc) is 3.97. The number of pyridine rings is 1. The number of rotatable bonds is 9. The number of nitriles is 1. The van der Waals surface area contributed by atoms with Crippen molar-refractivity contribution in [2.75, 3.05) is 61.1 Å². The standard InChI is InChI=1S/C43H47N11O3S/c44-21-28-19-32-7-9-39(54(32)46-22-28)38-20-37(47-30-13-17-57-18-14-30)36(23-45-38)42-49-50-43(58-42)52-25-33-5-6-34(26-52)53(33)24-27-11-15-51(16-12-27)31-3-1-29(2-4-31)35-8-10-40(55)48-41(35)56/h1-4,7,9,19-20,22-23,27,30,33-35H,5-6,8,10-18,24-26H2,(H,45,47)(H,48,55,56)/t33?,34?,35-/m0/s1. The van der Waals surface area contributed by atoms with E-state index < -0.39 is 0 Å². The Balaban J connectivity index is 0.790. The second-order valence-electron chi connectivity index (χ2n) is 16.5. The first-order valence-electron chi connectivity index (χ1n) is 20.7. The molecule has 14 nitrogen and oxygen atoms in total. The highest BCUT2D eigenvalue weighted by Gasteiger charge is 2.42. The van der Waals surface area contributed by atoms with E-state index in [2.05, 4.69) is 66.8 Å². The van der Waals surface area contributed by atoms with Gasteiger partial charge in [0.2, 0.25) is 16.9 Å². The number of aromatic nitrogens is 5. The predicted molar refractivity (Wildman–Crippen MR) is 222 cm³/mol. The van der Waals surface area contributed by atoms with Gasteiger partial charge in [-0.1, -0.05) is 23.5 Å². The zero-order valence-corrected chi connectivity index (χ0v) is 33.2. The topological polar surface area (TPSA) is 157 Å². The van der Waals surface area contributed by atoms with Crippen LogP contribution in [-0.4, -0.2) is 106 Å². The van der Waals surface area contributed by atoms with E-state index in [0.29, 0.717) is 36.4 Å². The Morgan fingerprint density at radius 2 is 1.69 bits per heavy atom. The molecule has 0 saturated carbocycles. The normalized spacial score (nSPS) is 23.3. The third-order valence-corrected chi connectivity index (χ3v) is 13.9. The minimum absolute atomic E-state index is 0.175. The molecular weight excluding hydrogens is 751 g/mol. The molecule has 2 unspecified atom stereocenters. The Morgan fingerprint density at radius 1 is 0.897 bits per heavy atom. The third-order valence-electron chi connectivity index (χ3n) is 12.9. The van der Waals surface area contributed by atoms with Crippen LogP contribution >= 0.6 is 11.3 Å². The molecule has 3 atom stereocenters. The van der Waals surface area contributed by atoms with Gasteiger partial charge in [0.1, 0.15) is 6.07 Å². The van der Waals surface area contributed by atoms with Gasteiger partial charge >= 0.3 is 0 Å². The fourth-order valence-corrected chi connectivity index (χ4v) is 10.6. The lowest BCUT2D eigenvalue weighted by Gasteiger charge is -2.43. The fraction of sp³-hybridized carbons (Fsp3) is 0.465. The first-order chi connectivity index (χ1) is 28.5. The third kappa shape index (κ3) is 7.29. The number of hydrogen-bond donors (Lipinski definition) is 2. The molecule has 0 radical (unpaired) electrons. The van der Waals surface area contributed by atoms with Crippen LogP contribution in [0.3, 0.4) is 0 Å². The van der Waals surface area contributed by atoms with Crippen LogP contribution in [0.5, 0.6) is 0 Å². The monoisotopic (exact) mass is 797 g/mol. The molecule has 2 bridgehead atoms. The fourth-order valence-electron chi connectivity index (χ4n) is 9.70. The number of fused-ring (bicyclic) bond motifs is 3. The molecule has 15 heteroatoms. The lowest BCUT2D eigenvalue weighted by molar-refractivity contribution is -0.134. The number of carbonyl (C=O) groups excluding carboxylic acids is 2. The van der Waals surface area contributed by atoms with Crippen molar-refractivity contribution >= 4 is 45.2 Å². The Hall–Kier alpha value is -5.43. The van der Waals surface area contributed by atoms with Gasteiger partial charge in [-0.05, 0) is 92.8 Å². The SMILES string of the molecule is N#Cc1cnn2c(-c3cc(NC4CCOCC4)c(-c4nnc(N5CC6CCC(C5)N6CC5CCN(c6ccc([C@@H]7CCC(=O)NC7=O)cc6)CC5)s4)cn3)ccc2c1. The van der Waals surface area contributed by atoms with E-state index in [1.165, 1.54) is 31.4 Å². The molecule has 1 aromatic carbocycles. The van der Waals surface area contributed by atoms with E-state index >= 15 is 0 Å². The van der Waals surface area contributed by atoms with E-state index in [1.807, 2.05) is 28.9 Å². The number of hydrogen-bond acceptors (Lipinski definition) is 13. The van der Waals surface area contributed by atoms with E-state index in [9.17, 15) is 14.9 Å². The Morgan fingerprint density at radius 3 is 2.45 bits per heavy atom. The van der Waals surface area contributed by atoms with Crippen LogP contribution in [0.1, 0.15) is 68.4 Å². The Kier molecular flexibility index (Phi) is 10.0. The number of ether oxygens (including phenoxy) is 1. The molecule has 10 rings (SSSR count). The maximum Gasteiger partial charge on any atom is 0.234 e. The average molecular weight is 798 g/mol. The van der Waals surface area contributed by atoms with Gasteiger partial charge < -0.3 is 19.9 Å². The highest BCUT2D eigenvalue weighted by atomic mass is 32.1. The summed E-state index contributed by atoms with van der Waals surface area (Å²) < 4.78 is 7.48. The van der Waals surface area contributed by atoms with Crippen LogP contribution in [0.2, 0.25) is 0 Å². The van der Waals surface area contributed by atoms with Crippen molar-refractivity contribution in [2.45, 2.75) is 75.4 Å². The number of piperidine rings is 2. The Bertz CT molecular complexity index is 2340. The van der Waals surface area contributed by atoms with E-state index in [0.717, 1.165) is 103 Å². The molecule has 2 amide bonds. The largest absolute Gasteiger partial charge is 0.381 e. The second-order valence-corrected chi connectivity index (χ2v) is 17.4. The summed E-state index contributed by atoms with van der Waals surface area (Å²) in [5.74, 6) is 0.0757. The minimum Gasteiger partial charge on any atom is -0.381 e. The van der Waals surface area contributed by atoms with Gasteiger partial charge in [-0.15, -0.1) is 10.2 Å². The van der Waals surface area contributed by atoms with E-state index in [4.69, 9.17) is 19.9 Å². The van der Waals surface area contributed by atoms with Gasteiger partial charge in [-0.25, -0.2) is 4.52 Å². The predicted octanol–water partition coefficient (Wildman–Crippen LogP) is 5.47. The molecule has 5 aliphatic rings. The Labute approximate surface area is 341 Å². The highest BCUT2D eigenvalue weighted by Crippen LogP contribution is 2.40. The molecule has 5 aliphatic heterocycles. The molecule has 58 heavy (non-hydrogen) atoms. The first kappa shape index (κ1) is 36.9. The van der Waals surface area contributed by atoms with Crippen molar-refractivity contribution in [3.8, 4) is 28.0 Å². The van der Waals surface area contributed by atoms with Crippen molar-refractivity contribution in [3.05, 3.63) is 72.1 Å². The van der Waals surface area contributed by atoms with Crippen molar-refractivity contribution in [2.24, 2.45) is 5.92 Å². The minimum atomic E-state index is -0.243. The summed E-state index contributed by atoms with van der Waals surface area (Å²) in [5, 5.41) is 31.5. The van der Waals surface area contributed by atoms with Gasteiger partial charge in [0, 0.05) is 88.1 Å². The number of carbonyl (C=O) groups is 2. The van der Waals surface area contributed by atoms with Gasteiger partial charge in [-0.2, -0.15) is 10.4 Å². The molecule has 9 heterocycles. The summed E-state index contributed by atoms with van der Waals surface area (Å²) in [5.41, 5.74) is 7.13. The molecule has 5 saturated heterocycles. The summed E-state index contributed by atoms with van der Waals surface area (Å²) >= 11 is 1.65. The van der Waals surface area contributed by atoms with Gasteiger partial charge in [0.15, 0.2) is 5.01 Å². The van der Waals surface area contributed by atoms with Crippen LogP contribution in [0.15, 0.2) is 60.9 Å². The lowest BCUT2D eigenvalue weighted by Crippen LogP contribution is -2.55. The molecule has 5 fully saturated rings. The smallest absolute Gasteiger partial charge is 0.234 e. The van der Waals surface area contributed by atoms with Crippen LogP contribution in [0, 0.1) is 17.2 Å². The lowest BCUT2D eigenvalue weighted by atomic mass is 9.90. The van der Waals surface area contributed by atoms with Gasteiger partial charge in [-0.3, -0.25) is 24.8 Å². The van der Waals surface area contributed by atoms with Crippen molar-refractivity contribution in [1.82, 2.24) is 35.0 Å². The molecule has 298 valence electrons. The van der Waals surface area contributed by atoms with Gasteiger partial charge in [0.05, 0.1) is 40.1 Å². The van der Waals surface area contributed by atoms with Crippen molar-refractivity contribution in [1.29, 1.82) is 5.26 Å². The van der Waals surface area contributed by atoms with Crippen LogP contribution < -0.4 is 20.4 Å². The van der Waals surface area contributed by atoms with E-state index in [-0.39, 0.29) is 23.8 Å². The number of anilines is 3. The van der Waals surface area contributed by atoms with Crippen LogP contribution in [-0.2, 0) is 14.3 Å². The summed E-state index contributed by atoms with van der Waals surface area (Å²) in [7, 11) is 0. The summed E-state index contributed by atoms with van der Waals surface area (Å²) in [6.07, 6.45) is 11.1. The number of amides is 2. The number of imide groups is 1. The molecular formula is C43H47N11O3S. The van der Waals surface area contributed by atoms with E-state index in [1.54, 1.807) is 17.5 Å². The van der Waals surface area contributed by atoms with Crippen LogP contribution in [0.25, 0.3) is 27.5 Å². The molecule has 0 spiro atoms. The number of benzene rings is 1. The van der Waals surface area contributed by atoms with Crippen molar-refractivity contribution in [3.63, 3.8) is 0 Å². The summed E-state index contributed by atoms with van der Waals surface area (Å²) in [6, 6.07) is 19.8. The quantitative estimate of drug-likeness (QED) is 0.182. The van der Waals surface area contributed by atoms with Crippen molar-refractivity contribution < 1.29 is 14.3 Å². The van der Waals surface area contributed by atoms with Crippen LogP contribution in [0.4, 0.5) is 16.5 Å². The number of nitrogens with zero attached hydrogens (tertiary/aromatic N) is 9. The zero-order valence-electron chi connectivity index (χ0n) is 32.4. The molecule has 2 N–H and O–H groups in total. The zero-order chi connectivity index (χ0) is 39.2. The first-order valence-corrected chi connectivity index (χ1v) is 21.5. The second kappa shape index (κ2) is 15.7. The molecule has 4 aromatic heterocycles. The molecule has 0 aliphatic carbocycles. The molecule has 5 aromatic rings. The maximum absolute atomic E-state index is 12.4. The summed E-state index contributed by atoms with van der Waals surface area (Å²) in [6.45, 7) is 6.63. The van der Waals surface area contributed by atoms with Gasteiger partial charge in [0.25, 0.3) is 0 Å².